The number of carbonyl (C=O) groups is 1. The summed E-state index contributed by atoms with van der Waals surface area (Å²) >= 11 is 1.52. The number of aliphatic hydroxyl groups excluding tert-OH is 1. The first kappa shape index (κ1) is 14.3. The highest BCUT2D eigenvalue weighted by molar-refractivity contribution is 7.10. The third-order valence-corrected chi connectivity index (χ3v) is 5.15. The zero-order valence-electron chi connectivity index (χ0n) is 12.4. The first-order valence-corrected chi connectivity index (χ1v) is 8.03. The van der Waals surface area contributed by atoms with E-state index in [4.69, 9.17) is 0 Å². The molecule has 2 heterocycles. The lowest BCUT2D eigenvalue weighted by molar-refractivity contribution is -0.119. The number of carbonyl (C=O) groups excluding carboxylic acids is 1. The van der Waals surface area contributed by atoms with Gasteiger partial charge in [-0.3, -0.25) is 4.79 Å². The van der Waals surface area contributed by atoms with Gasteiger partial charge in [-0.05, 0) is 42.8 Å². The van der Waals surface area contributed by atoms with E-state index < -0.39 is 11.5 Å². The lowest BCUT2D eigenvalue weighted by Crippen LogP contribution is -2.26. The van der Waals surface area contributed by atoms with Crippen molar-refractivity contribution in [2.75, 3.05) is 5.32 Å². The van der Waals surface area contributed by atoms with Crippen LogP contribution < -0.4 is 5.32 Å². The fourth-order valence-electron chi connectivity index (χ4n) is 2.77. The van der Waals surface area contributed by atoms with Crippen molar-refractivity contribution in [2.45, 2.75) is 38.7 Å². The zero-order chi connectivity index (χ0) is 15.2. The van der Waals surface area contributed by atoms with Crippen LogP contribution in [0.25, 0.3) is 0 Å². The minimum Gasteiger partial charge on any atom is -0.383 e. The van der Waals surface area contributed by atoms with Gasteiger partial charge in [0.15, 0.2) is 0 Å². The number of anilines is 1. The van der Waals surface area contributed by atoms with Gasteiger partial charge in [0, 0.05) is 10.4 Å². The van der Waals surface area contributed by atoms with Crippen molar-refractivity contribution in [3.05, 3.63) is 51.2 Å². The molecule has 1 aliphatic heterocycles. The molecule has 1 aliphatic rings. The molecule has 2 N–H and O–H groups in total. The third kappa shape index (κ3) is 2.19. The molecule has 0 saturated carbocycles. The second-order valence-corrected chi connectivity index (χ2v) is 6.94. The predicted octanol–water partition coefficient (Wildman–Crippen LogP) is 3.62. The Bertz CT molecular complexity index is 689. The summed E-state index contributed by atoms with van der Waals surface area (Å²) in [6.45, 7) is 5.93. The first-order valence-electron chi connectivity index (χ1n) is 7.15. The summed E-state index contributed by atoms with van der Waals surface area (Å²) in [5.74, 6) is -0.00890. The Balaban J connectivity index is 2.18. The van der Waals surface area contributed by atoms with Crippen LogP contribution in [0.15, 0.2) is 29.6 Å². The second kappa shape index (κ2) is 4.97. The highest BCUT2D eigenvalue weighted by Crippen LogP contribution is 2.43. The van der Waals surface area contributed by atoms with E-state index in [1.54, 1.807) is 0 Å². The van der Waals surface area contributed by atoms with Crippen LogP contribution in [-0.4, -0.2) is 11.0 Å². The monoisotopic (exact) mass is 301 g/mol. The molecule has 0 saturated heterocycles. The van der Waals surface area contributed by atoms with Crippen molar-refractivity contribution in [3.8, 4) is 0 Å². The van der Waals surface area contributed by atoms with Gasteiger partial charge >= 0.3 is 0 Å². The topological polar surface area (TPSA) is 49.3 Å². The average molecular weight is 301 g/mol. The van der Waals surface area contributed by atoms with Gasteiger partial charge in [0.25, 0.3) is 0 Å². The van der Waals surface area contributed by atoms with Crippen LogP contribution >= 0.6 is 11.3 Å². The molecule has 2 aromatic rings. The number of rotatable bonds is 3. The van der Waals surface area contributed by atoms with Crippen molar-refractivity contribution < 1.29 is 9.90 Å². The maximum atomic E-state index is 12.2. The molecule has 0 aliphatic carbocycles. The van der Waals surface area contributed by atoms with E-state index in [9.17, 15) is 9.90 Å². The molecule has 4 heteroatoms. The molecule has 1 amide bonds. The molecule has 21 heavy (non-hydrogen) atoms. The van der Waals surface area contributed by atoms with Crippen molar-refractivity contribution >= 4 is 22.9 Å². The Hall–Kier alpha value is -1.65. The maximum absolute atomic E-state index is 12.2. The van der Waals surface area contributed by atoms with Gasteiger partial charge in [-0.15, -0.1) is 11.3 Å². The number of amides is 1. The average Bonchev–Trinajstić information content (AvgIpc) is 3.06. The molecule has 0 fully saturated rings. The molecule has 110 valence electrons. The van der Waals surface area contributed by atoms with Gasteiger partial charge in [0.05, 0.1) is 11.1 Å². The standard InChI is InChI=1S/C17H19NO2S/c1-4-10-8-11(15(19)13-6-5-7-21-13)14-12(9-10)17(2,3)16(20)18-14/h5-9,15,19H,4H2,1-3H3,(H,18,20). The Labute approximate surface area is 128 Å². The summed E-state index contributed by atoms with van der Waals surface area (Å²) in [6, 6.07) is 7.93. The lowest BCUT2D eigenvalue weighted by Gasteiger charge is -2.19. The summed E-state index contributed by atoms with van der Waals surface area (Å²) in [5, 5.41) is 15.6. The molecular formula is C17H19NO2S. The SMILES string of the molecule is CCc1cc(C(O)c2cccs2)c2c(c1)C(C)(C)C(=O)N2. The number of hydrogen-bond donors (Lipinski definition) is 2. The largest absolute Gasteiger partial charge is 0.383 e. The molecule has 3 nitrogen and oxygen atoms in total. The van der Waals surface area contributed by atoms with Crippen molar-refractivity contribution in [3.63, 3.8) is 0 Å². The molecule has 1 unspecified atom stereocenters. The van der Waals surface area contributed by atoms with Crippen LogP contribution in [0.1, 0.15) is 48.4 Å². The number of thiophene rings is 1. The number of aliphatic hydroxyl groups is 1. The van der Waals surface area contributed by atoms with Gasteiger partial charge in [0.1, 0.15) is 6.10 Å². The van der Waals surface area contributed by atoms with E-state index >= 15 is 0 Å². The highest BCUT2D eigenvalue weighted by Gasteiger charge is 2.40. The number of nitrogens with one attached hydrogen (secondary N) is 1. The molecule has 0 bridgehead atoms. The quantitative estimate of drug-likeness (QED) is 0.909. The van der Waals surface area contributed by atoms with Crippen LogP contribution in [0.5, 0.6) is 0 Å². The van der Waals surface area contributed by atoms with Crippen LogP contribution in [-0.2, 0) is 16.6 Å². The minimum atomic E-state index is -0.695. The summed E-state index contributed by atoms with van der Waals surface area (Å²) in [7, 11) is 0. The molecule has 3 rings (SSSR count). The number of benzene rings is 1. The van der Waals surface area contributed by atoms with Crippen LogP contribution in [0.4, 0.5) is 5.69 Å². The minimum absolute atomic E-state index is 0.00890. The van der Waals surface area contributed by atoms with Gasteiger partial charge in [0.2, 0.25) is 5.91 Å². The molecular weight excluding hydrogens is 282 g/mol. The van der Waals surface area contributed by atoms with E-state index in [1.807, 2.05) is 37.4 Å². The number of fused-ring (bicyclic) bond motifs is 1. The molecule has 0 spiro atoms. The number of hydrogen-bond acceptors (Lipinski definition) is 3. The second-order valence-electron chi connectivity index (χ2n) is 5.96. The van der Waals surface area contributed by atoms with Crippen LogP contribution in [0, 0.1) is 0 Å². The van der Waals surface area contributed by atoms with Crippen LogP contribution in [0.2, 0.25) is 0 Å². The third-order valence-electron chi connectivity index (χ3n) is 4.22. The fourth-order valence-corrected chi connectivity index (χ4v) is 3.50. The van der Waals surface area contributed by atoms with E-state index in [0.29, 0.717) is 0 Å². The predicted molar refractivity (Wildman–Crippen MR) is 85.9 cm³/mol. The van der Waals surface area contributed by atoms with Gasteiger partial charge in [-0.1, -0.05) is 25.1 Å². The number of aryl methyl sites for hydroxylation is 1. The normalized spacial score (nSPS) is 17.4. The van der Waals surface area contributed by atoms with Crippen molar-refractivity contribution in [2.24, 2.45) is 0 Å². The first-order chi connectivity index (χ1) is 9.95. The zero-order valence-corrected chi connectivity index (χ0v) is 13.3. The van der Waals surface area contributed by atoms with Gasteiger partial charge in [-0.2, -0.15) is 0 Å². The highest BCUT2D eigenvalue weighted by atomic mass is 32.1. The molecule has 1 aromatic heterocycles. The summed E-state index contributed by atoms with van der Waals surface area (Å²) in [6.07, 6.45) is 0.182. The Morgan fingerprint density at radius 1 is 1.38 bits per heavy atom. The lowest BCUT2D eigenvalue weighted by atomic mass is 9.83. The van der Waals surface area contributed by atoms with Crippen molar-refractivity contribution in [1.82, 2.24) is 0 Å². The van der Waals surface area contributed by atoms with E-state index in [0.717, 1.165) is 33.7 Å². The summed E-state index contributed by atoms with van der Waals surface area (Å²) < 4.78 is 0. The Kier molecular flexibility index (Phi) is 3.38. The molecule has 1 aromatic carbocycles. The summed E-state index contributed by atoms with van der Waals surface area (Å²) in [5.41, 5.74) is 3.15. The molecule has 0 radical (unpaired) electrons. The molecule has 1 atom stereocenters. The van der Waals surface area contributed by atoms with Crippen LogP contribution in [0.3, 0.4) is 0 Å². The Morgan fingerprint density at radius 2 is 2.14 bits per heavy atom. The summed E-state index contributed by atoms with van der Waals surface area (Å²) in [4.78, 5) is 13.1. The fraction of sp³-hybridized carbons (Fsp3) is 0.353. The Morgan fingerprint density at radius 3 is 2.76 bits per heavy atom. The van der Waals surface area contributed by atoms with Gasteiger partial charge in [-0.25, -0.2) is 0 Å². The van der Waals surface area contributed by atoms with E-state index in [2.05, 4.69) is 18.3 Å². The van der Waals surface area contributed by atoms with E-state index in [1.165, 1.54) is 11.3 Å². The van der Waals surface area contributed by atoms with Crippen molar-refractivity contribution in [1.29, 1.82) is 0 Å². The smallest absolute Gasteiger partial charge is 0.234 e. The van der Waals surface area contributed by atoms with E-state index in [-0.39, 0.29) is 5.91 Å². The maximum Gasteiger partial charge on any atom is 0.234 e. The van der Waals surface area contributed by atoms with Gasteiger partial charge < -0.3 is 10.4 Å².